The summed E-state index contributed by atoms with van der Waals surface area (Å²) in [5, 5.41) is 4.77. The summed E-state index contributed by atoms with van der Waals surface area (Å²) in [6.45, 7) is -0.0324. The number of esters is 1. The summed E-state index contributed by atoms with van der Waals surface area (Å²) in [4.78, 5) is 35.6. The minimum atomic E-state index is -1.11. The summed E-state index contributed by atoms with van der Waals surface area (Å²) in [5.41, 5.74) is -0.579. The summed E-state index contributed by atoms with van der Waals surface area (Å²) in [7, 11) is 2.48. The van der Waals surface area contributed by atoms with E-state index in [0.29, 0.717) is 17.4 Å². The third kappa shape index (κ3) is 5.03. The highest BCUT2D eigenvalue weighted by molar-refractivity contribution is 5.98. The maximum atomic E-state index is 13.8. The molecule has 0 saturated heterocycles. The number of hydrogen-bond acceptors (Lipinski definition) is 5. The first-order valence-electron chi connectivity index (χ1n) is 8.15. The Hall–Kier alpha value is -3.49. The Kier molecular flexibility index (Phi) is 7.02. The van der Waals surface area contributed by atoms with Crippen molar-refractivity contribution in [2.24, 2.45) is 0 Å². The molecule has 7 nitrogen and oxygen atoms in total. The molecule has 0 aliphatic carbocycles. The van der Waals surface area contributed by atoms with Crippen molar-refractivity contribution in [3.8, 4) is 5.75 Å². The average Bonchev–Trinajstić information content (AvgIpc) is 2.69. The second-order valence-corrected chi connectivity index (χ2v) is 5.56. The number of carbonyl (C=O) groups is 3. The largest absolute Gasteiger partial charge is 0.496 e. The van der Waals surface area contributed by atoms with Gasteiger partial charge in [0.05, 0.1) is 31.0 Å². The van der Waals surface area contributed by atoms with E-state index in [2.05, 4.69) is 15.4 Å². The molecule has 0 saturated carbocycles. The molecular formula is C19H18F2N2O5. The number of methoxy groups -OCH3 is 2. The first-order valence-corrected chi connectivity index (χ1v) is 8.15. The number of nitrogens with one attached hydrogen (secondary N) is 2. The van der Waals surface area contributed by atoms with Gasteiger partial charge in [0.1, 0.15) is 17.4 Å². The molecule has 148 valence electrons. The number of anilines is 1. The number of carbonyl (C=O) groups excluding carboxylic acids is 3. The van der Waals surface area contributed by atoms with E-state index in [1.54, 1.807) is 24.3 Å². The van der Waals surface area contributed by atoms with Crippen LogP contribution in [0.4, 0.5) is 14.5 Å². The average molecular weight is 392 g/mol. The van der Waals surface area contributed by atoms with Crippen LogP contribution in [0.2, 0.25) is 0 Å². The molecule has 0 atom stereocenters. The number of ether oxygens (including phenoxy) is 2. The molecule has 2 amide bonds. The van der Waals surface area contributed by atoms with E-state index in [-0.39, 0.29) is 18.7 Å². The van der Waals surface area contributed by atoms with E-state index < -0.39 is 35.0 Å². The lowest BCUT2D eigenvalue weighted by Gasteiger charge is -2.10. The molecule has 2 N–H and O–H groups in total. The van der Waals surface area contributed by atoms with Crippen LogP contribution in [0.3, 0.4) is 0 Å². The Bertz CT molecular complexity index is 902. The first kappa shape index (κ1) is 20.8. The van der Waals surface area contributed by atoms with Crippen LogP contribution in [0.15, 0.2) is 36.4 Å². The van der Waals surface area contributed by atoms with E-state index in [1.807, 2.05) is 0 Å². The first-order chi connectivity index (χ1) is 13.4. The highest BCUT2D eigenvalue weighted by Crippen LogP contribution is 2.20. The zero-order valence-corrected chi connectivity index (χ0v) is 15.2. The zero-order chi connectivity index (χ0) is 20.7. The van der Waals surface area contributed by atoms with Gasteiger partial charge >= 0.3 is 5.97 Å². The fourth-order valence-corrected chi connectivity index (χ4v) is 2.34. The number of benzene rings is 2. The van der Waals surface area contributed by atoms with Gasteiger partial charge in [-0.25, -0.2) is 13.6 Å². The predicted octanol–water partition coefficient (Wildman–Crippen LogP) is 2.52. The smallest absolute Gasteiger partial charge is 0.340 e. The van der Waals surface area contributed by atoms with Gasteiger partial charge in [-0.2, -0.15) is 0 Å². The molecular weight excluding hydrogens is 374 g/mol. The van der Waals surface area contributed by atoms with Gasteiger partial charge in [-0.3, -0.25) is 9.59 Å². The number of rotatable bonds is 7. The summed E-state index contributed by atoms with van der Waals surface area (Å²) in [6, 6.07) is 7.89. The van der Waals surface area contributed by atoms with E-state index in [1.165, 1.54) is 7.11 Å². The molecule has 2 aromatic rings. The maximum Gasteiger partial charge on any atom is 0.340 e. The van der Waals surface area contributed by atoms with Crippen molar-refractivity contribution in [2.45, 2.75) is 6.42 Å². The topological polar surface area (TPSA) is 93.7 Å². The molecule has 9 heteroatoms. The van der Waals surface area contributed by atoms with Gasteiger partial charge in [-0.05, 0) is 18.2 Å². The SMILES string of the molecule is COC(=O)c1cc(NC(=O)CCNC(=O)c2ccccc2OC)c(F)cc1F. The number of para-hydroxylation sites is 1. The predicted molar refractivity (Wildman–Crippen MR) is 96.3 cm³/mol. The summed E-state index contributed by atoms with van der Waals surface area (Å²) < 4.78 is 36.9. The van der Waals surface area contributed by atoms with Gasteiger partial charge in [-0.1, -0.05) is 12.1 Å². The maximum absolute atomic E-state index is 13.8. The van der Waals surface area contributed by atoms with Crippen LogP contribution in [0.25, 0.3) is 0 Å². The quantitative estimate of drug-likeness (QED) is 0.707. The van der Waals surface area contributed by atoms with Crippen molar-refractivity contribution in [3.05, 3.63) is 59.2 Å². The molecule has 0 spiro atoms. The molecule has 0 aliphatic heterocycles. The Morgan fingerprint density at radius 1 is 1.00 bits per heavy atom. The third-order valence-electron chi connectivity index (χ3n) is 3.73. The minimum absolute atomic E-state index is 0.0324. The molecule has 0 unspecified atom stereocenters. The Balaban J connectivity index is 1.96. The van der Waals surface area contributed by atoms with Crippen LogP contribution in [0, 0.1) is 11.6 Å². The lowest BCUT2D eigenvalue weighted by Crippen LogP contribution is -2.28. The van der Waals surface area contributed by atoms with Crippen LogP contribution < -0.4 is 15.4 Å². The minimum Gasteiger partial charge on any atom is -0.496 e. The van der Waals surface area contributed by atoms with Crippen LogP contribution in [-0.4, -0.2) is 38.5 Å². The van der Waals surface area contributed by atoms with Crippen molar-refractivity contribution in [3.63, 3.8) is 0 Å². The molecule has 0 fully saturated rings. The number of amides is 2. The second-order valence-electron chi connectivity index (χ2n) is 5.56. The highest BCUT2D eigenvalue weighted by Gasteiger charge is 2.18. The monoisotopic (exact) mass is 392 g/mol. The van der Waals surface area contributed by atoms with Gasteiger partial charge in [-0.15, -0.1) is 0 Å². The normalized spacial score (nSPS) is 10.1. The molecule has 2 aromatic carbocycles. The van der Waals surface area contributed by atoms with Crippen LogP contribution >= 0.6 is 0 Å². The molecule has 0 radical (unpaired) electrons. The van der Waals surface area contributed by atoms with Crippen molar-refractivity contribution in [1.82, 2.24) is 5.32 Å². The fraction of sp³-hybridized carbons (Fsp3) is 0.211. The Labute approximate surface area is 159 Å². The lowest BCUT2D eigenvalue weighted by molar-refractivity contribution is -0.116. The van der Waals surface area contributed by atoms with E-state index in [9.17, 15) is 23.2 Å². The molecule has 0 bridgehead atoms. The van der Waals surface area contributed by atoms with Gasteiger partial charge in [0.25, 0.3) is 5.91 Å². The van der Waals surface area contributed by atoms with Gasteiger partial charge in [0, 0.05) is 19.0 Å². The van der Waals surface area contributed by atoms with E-state index in [0.717, 1.165) is 13.2 Å². The summed E-state index contributed by atoms with van der Waals surface area (Å²) in [6.07, 6.45) is -0.175. The molecule has 2 rings (SSSR count). The van der Waals surface area contributed by atoms with Crippen LogP contribution in [0.5, 0.6) is 5.75 Å². The van der Waals surface area contributed by atoms with Crippen molar-refractivity contribution >= 4 is 23.5 Å². The highest BCUT2D eigenvalue weighted by atomic mass is 19.1. The van der Waals surface area contributed by atoms with Crippen LogP contribution in [0.1, 0.15) is 27.1 Å². The number of hydrogen-bond donors (Lipinski definition) is 2. The standard InChI is InChI=1S/C19H18F2N2O5/c1-27-16-6-4-3-5-11(16)18(25)22-8-7-17(24)23-15-9-12(19(26)28-2)13(20)10-14(15)21/h3-6,9-10H,7-8H2,1-2H3,(H,22,25)(H,23,24). The molecule has 0 heterocycles. The Morgan fingerprint density at radius 3 is 2.39 bits per heavy atom. The summed E-state index contributed by atoms with van der Waals surface area (Å²) in [5.74, 6) is -3.85. The van der Waals surface area contributed by atoms with Crippen molar-refractivity contribution in [1.29, 1.82) is 0 Å². The van der Waals surface area contributed by atoms with Crippen molar-refractivity contribution in [2.75, 3.05) is 26.1 Å². The zero-order valence-electron chi connectivity index (χ0n) is 15.2. The van der Waals surface area contributed by atoms with Crippen molar-refractivity contribution < 1.29 is 32.6 Å². The van der Waals surface area contributed by atoms with Gasteiger partial charge in [0.15, 0.2) is 0 Å². The molecule has 28 heavy (non-hydrogen) atoms. The fourth-order valence-electron chi connectivity index (χ4n) is 2.34. The molecule has 0 aromatic heterocycles. The Morgan fingerprint density at radius 2 is 1.71 bits per heavy atom. The lowest BCUT2D eigenvalue weighted by atomic mass is 10.1. The van der Waals surface area contributed by atoms with Gasteiger partial charge < -0.3 is 20.1 Å². The van der Waals surface area contributed by atoms with E-state index >= 15 is 0 Å². The van der Waals surface area contributed by atoms with Crippen LogP contribution in [-0.2, 0) is 9.53 Å². The van der Waals surface area contributed by atoms with Gasteiger partial charge in [0.2, 0.25) is 5.91 Å². The van der Waals surface area contributed by atoms with E-state index in [4.69, 9.17) is 4.74 Å². The third-order valence-corrected chi connectivity index (χ3v) is 3.73. The summed E-state index contributed by atoms with van der Waals surface area (Å²) >= 11 is 0. The molecule has 0 aliphatic rings. The number of halogens is 2. The second kappa shape index (κ2) is 9.45.